The molecule has 0 saturated heterocycles. The summed E-state index contributed by atoms with van der Waals surface area (Å²) in [6.45, 7) is 10.8. The van der Waals surface area contributed by atoms with Crippen LogP contribution in [0.25, 0.3) is 0 Å². The largest absolute Gasteiger partial charge is 0.497 e. The van der Waals surface area contributed by atoms with Crippen LogP contribution in [-0.2, 0) is 0 Å². The third kappa shape index (κ3) is 7.60. The van der Waals surface area contributed by atoms with Crippen LogP contribution in [0.5, 0.6) is 11.5 Å². The lowest BCUT2D eigenvalue weighted by molar-refractivity contribution is 0.355. The number of ether oxygens (including phenoxy) is 2. The Morgan fingerprint density at radius 3 is 2.05 bits per heavy atom. The van der Waals surface area contributed by atoms with E-state index in [1.54, 1.807) is 7.11 Å². The van der Waals surface area contributed by atoms with Gasteiger partial charge in [-0.2, -0.15) is 0 Å². The monoisotopic (exact) mass is 290 g/mol. The average Bonchev–Trinajstić information content (AvgIpc) is 2.50. The number of aryl methyl sites for hydroxylation is 2. The summed E-state index contributed by atoms with van der Waals surface area (Å²) in [6, 6.07) is 3.99. The molecule has 0 atom stereocenters. The Morgan fingerprint density at radius 1 is 0.952 bits per heavy atom. The van der Waals surface area contributed by atoms with E-state index in [1.165, 1.54) is 0 Å². The Labute approximate surface area is 130 Å². The van der Waals surface area contributed by atoms with Crippen LogP contribution in [0.1, 0.15) is 44.7 Å². The summed E-state index contributed by atoms with van der Waals surface area (Å²) < 4.78 is 11.0. The van der Waals surface area contributed by atoms with Crippen LogP contribution < -0.4 is 9.47 Å². The number of allylic oxidation sites excluding steroid dienone is 3. The Kier molecular flexibility index (Phi) is 11.1. The standard InChI is InChI=1S/C17H24O2.C2H6/c1-5-6-7-8-9-10-11-19-17-14(2)12-16(18-4)13-15(17)3;1-2/h6-7,9-10,12-13H,5,8,11H2,1-4H3;1-2H3. The molecule has 0 radical (unpaired) electrons. The van der Waals surface area contributed by atoms with Crippen molar-refractivity contribution < 1.29 is 9.47 Å². The summed E-state index contributed by atoms with van der Waals surface area (Å²) in [7, 11) is 1.68. The first-order chi connectivity index (χ1) is 10.2. The van der Waals surface area contributed by atoms with Gasteiger partial charge >= 0.3 is 0 Å². The zero-order chi connectivity index (χ0) is 16.1. The summed E-state index contributed by atoms with van der Waals surface area (Å²) in [5, 5.41) is 0. The first-order valence-corrected chi connectivity index (χ1v) is 7.77. The van der Waals surface area contributed by atoms with Gasteiger partial charge in [0.1, 0.15) is 18.1 Å². The molecule has 118 valence electrons. The number of rotatable bonds is 7. The first kappa shape index (κ1) is 19.3. The van der Waals surface area contributed by atoms with Crippen molar-refractivity contribution in [3.05, 3.63) is 47.6 Å². The zero-order valence-corrected chi connectivity index (χ0v) is 14.4. The van der Waals surface area contributed by atoms with E-state index in [9.17, 15) is 0 Å². The summed E-state index contributed by atoms with van der Waals surface area (Å²) in [5.41, 5.74) is 2.22. The van der Waals surface area contributed by atoms with E-state index in [0.717, 1.165) is 35.5 Å². The molecule has 0 aromatic heterocycles. The quantitative estimate of drug-likeness (QED) is 0.606. The van der Waals surface area contributed by atoms with Gasteiger partial charge in [0.25, 0.3) is 0 Å². The molecule has 21 heavy (non-hydrogen) atoms. The van der Waals surface area contributed by atoms with Crippen molar-refractivity contribution in [2.24, 2.45) is 0 Å². The van der Waals surface area contributed by atoms with Crippen molar-refractivity contribution in [3.8, 4) is 11.5 Å². The van der Waals surface area contributed by atoms with Gasteiger partial charge < -0.3 is 9.47 Å². The van der Waals surface area contributed by atoms with Crippen LogP contribution in [0.4, 0.5) is 0 Å². The lowest BCUT2D eigenvalue weighted by Crippen LogP contribution is -1.98. The number of methoxy groups -OCH3 is 1. The topological polar surface area (TPSA) is 18.5 Å². The van der Waals surface area contributed by atoms with E-state index in [-0.39, 0.29) is 0 Å². The Bertz CT molecular complexity index is 422. The second-order valence-corrected chi connectivity index (χ2v) is 4.49. The summed E-state index contributed by atoms with van der Waals surface area (Å²) >= 11 is 0. The van der Waals surface area contributed by atoms with Crippen molar-refractivity contribution in [1.82, 2.24) is 0 Å². The molecule has 0 bridgehead atoms. The zero-order valence-electron chi connectivity index (χ0n) is 14.4. The maximum Gasteiger partial charge on any atom is 0.125 e. The normalized spacial score (nSPS) is 10.6. The highest BCUT2D eigenvalue weighted by Crippen LogP contribution is 2.28. The van der Waals surface area contributed by atoms with Crippen molar-refractivity contribution in [2.75, 3.05) is 13.7 Å². The highest BCUT2D eigenvalue weighted by atomic mass is 16.5. The fraction of sp³-hybridized carbons (Fsp3) is 0.474. The fourth-order valence-corrected chi connectivity index (χ4v) is 1.89. The van der Waals surface area contributed by atoms with Gasteiger partial charge in [-0.3, -0.25) is 0 Å². The van der Waals surface area contributed by atoms with Gasteiger partial charge in [0, 0.05) is 0 Å². The predicted molar refractivity (Wildman–Crippen MR) is 92.5 cm³/mol. The van der Waals surface area contributed by atoms with Crippen molar-refractivity contribution in [2.45, 2.75) is 47.5 Å². The molecule has 1 aromatic rings. The highest BCUT2D eigenvalue weighted by Gasteiger charge is 2.05. The van der Waals surface area contributed by atoms with Gasteiger partial charge in [-0.15, -0.1) is 0 Å². The number of benzene rings is 1. The van der Waals surface area contributed by atoms with Crippen molar-refractivity contribution >= 4 is 0 Å². The van der Waals surface area contributed by atoms with Gasteiger partial charge in [0.2, 0.25) is 0 Å². The van der Waals surface area contributed by atoms with Gasteiger partial charge in [0.05, 0.1) is 7.11 Å². The van der Waals surface area contributed by atoms with Gasteiger partial charge in [-0.25, -0.2) is 0 Å². The molecule has 2 nitrogen and oxygen atoms in total. The molecular formula is C19H30O2. The van der Waals surface area contributed by atoms with Crippen LogP contribution >= 0.6 is 0 Å². The minimum atomic E-state index is 0.605. The van der Waals surface area contributed by atoms with E-state index in [4.69, 9.17) is 9.47 Å². The summed E-state index contributed by atoms with van der Waals surface area (Å²) in [6.07, 6.45) is 10.6. The molecule has 1 rings (SSSR count). The SMILES string of the molecule is CC.CCC=CCC=CCOc1c(C)cc(OC)cc1C. The van der Waals surface area contributed by atoms with Crippen LogP contribution in [0.15, 0.2) is 36.4 Å². The lowest BCUT2D eigenvalue weighted by atomic mass is 10.1. The van der Waals surface area contributed by atoms with E-state index in [0.29, 0.717) is 6.61 Å². The molecule has 0 unspecified atom stereocenters. The maximum atomic E-state index is 5.81. The minimum absolute atomic E-state index is 0.605. The van der Waals surface area contributed by atoms with E-state index in [1.807, 2.05) is 39.8 Å². The fourth-order valence-electron chi connectivity index (χ4n) is 1.89. The molecule has 0 fully saturated rings. The smallest absolute Gasteiger partial charge is 0.125 e. The van der Waals surface area contributed by atoms with Crippen LogP contribution in [0.2, 0.25) is 0 Å². The molecule has 0 saturated carbocycles. The second-order valence-electron chi connectivity index (χ2n) is 4.49. The van der Waals surface area contributed by atoms with E-state index < -0.39 is 0 Å². The molecule has 0 aliphatic heterocycles. The molecule has 1 aromatic carbocycles. The van der Waals surface area contributed by atoms with Crippen molar-refractivity contribution in [3.63, 3.8) is 0 Å². The maximum absolute atomic E-state index is 5.81. The van der Waals surface area contributed by atoms with Crippen molar-refractivity contribution in [1.29, 1.82) is 0 Å². The molecule has 2 heteroatoms. The molecule has 0 spiro atoms. The number of hydrogen-bond donors (Lipinski definition) is 0. The number of hydrogen-bond acceptors (Lipinski definition) is 2. The summed E-state index contributed by atoms with van der Waals surface area (Å²) in [4.78, 5) is 0. The van der Waals surface area contributed by atoms with Crippen LogP contribution in [-0.4, -0.2) is 13.7 Å². The first-order valence-electron chi connectivity index (χ1n) is 7.77. The second kappa shape index (κ2) is 12.1. The van der Waals surface area contributed by atoms with Crippen LogP contribution in [0, 0.1) is 13.8 Å². The molecular weight excluding hydrogens is 260 g/mol. The Hall–Kier alpha value is -1.70. The minimum Gasteiger partial charge on any atom is -0.497 e. The lowest BCUT2D eigenvalue weighted by Gasteiger charge is -2.12. The van der Waals surface area contributed by atoms with Gasteiger partial charge in [-0.1, -0.05) is 45.1 Å². The Balaban J connectivity index is 0.00000191. The molecule has 0 amide bonds. The Morgan fingerprint density at radius 2 is 1.52 bits per heavy atom. The average molecular weight is 290 g/mol. The molecule has 0 heterocycles. The van der Waals surface area contributed by atoms with Gasteiger partial charge in [0.15, 0.2) is 0 Å². The molecule has 0 aliphatic carbocycles. The summed E-state index contributed by atoms with van der Waals surface area (Å²) in [5.74, 6) is 1.83. The van der Waals surface area contributed by atoms with E-state index in [2.05, 4.69) is 31.2 Å². The third-order valence-corrected chi connectivity index (χ3v) is 2.83. The molecule has 0 N–H and O–H groups in total. The van der Waals surface area contributed by atoms with Crippen LogP contribution in [0.3, 0.4) is 0 Å². The van der Waals surface area contributed by atoms with Gasteiger partial charge in [-0.05, 0) is 49.9 Å². The predicted octanol–water partition coefficient (Wildman–Crippen LogP) is 5.63. The molecule has 0 aliphatic rings. The van der Waals surface area contributed by atoms with E-state index >= 15 is 0 Å². The third-order valence-electron chi connectivity index (χ3n) is 2.83. The highest BCUT2D eigenvalue weighted by molar-refractivity contribution is 5.45.